The molecule has 1 unspecified atom stereocenters. The standard InChI is InChI=1S/C16H24N4O2/c1-11-8-12(2)20(17-11)7-6-18(3)16(22)13-9-15(21)19(10-13)14-4-5-14/h8,13-14H,4-7,9-10H2,1-3H3. The topological polar surface area (TPSA) is 58.4 Å². The van der Waals surface area contributed by atoms with Crippen molar-refractivity contribution in [3.63, 3.8) is 0 Å². The Hall–Kier alpha value is -1.85. The molecule has 1 saturated carbocycles. The molecule has 2 aliphatic rings. The number of hydrogen-bond acceptors (Lipinski definition) is 3. The van der Waals surface area contributed by atoms with Gasteiger partial charge in [-0.1, -0.05) is 0 Å². The number of carbonyl (C=O) groups excluding carboxylic acids is 2. The molecule has 1 aromatic heterocycles. The average Bonchev–Trinajstić information content (AvgIpc) is 3.16. The monoisotopic (exact) mass is 304 g/mol. The van der Waals surface area contributed by atoms with Gasteiger partial charge < -0.3 is 9.80 Å². The summed E-state index contributed by atoms with van der Waals surface area (Å²) in [5, 5.41) is 4.41. The van der Waals surface area contributed by atoms with Crippen LogP contribution in [-0.2, 0) is 16.1 Å². The number of likely N-dealkylation sites (N-methyl/N-ethyl adjacent to an activating group) is 1. The van der Waals surface area contributed by atoms with Gasteiger partial charge in [0, 0.05) is 38.3 Å². The molecule has 1 aliphatic carbocycles. The number of aromatic nitrogens is 2. The van der Waals surface area contributed by atoms with Gasteiger partial charge in [0.1, 0.15) is 0 Å². The van der Waals surface area contributed by atoms with E-state index in [1.54, 1.807) is 4.90 Å². The van der Waals surface area contributed by atoms with Crippen molar-refractivity contribution >= 4 is 11.8 Å². The molecule has 0 radical (unpaired) electrons. The Bertz CT molecular complexity index is 591. The van der Waals surface area contributed by atoms with Gasteiger partial charge in [0.25, 0.3) is 0 Å². The second-order valence-corrected chi connectivity index (χ2v) is 6.59. The maximum Gasteiger partial charge on any atom is 0.227 e. The first-order chi connectivity index (χ1) is 10.5. The first kappa shape index (κ1) is 15.1. The molecule has 6 nitrogen and oxygen atoms in total. The van der Waals surface area contributed by atoms with E-state index in [-0.39, 0.29) is 17.7 Å². The molecule has 2 fully saturated rings. The minimum atomic E-state index is -0.168. The van der Waals surface area contributed by atoms with Gasteiger partial charge in [0.05, 0.1) is 18.2 Å². The van der Waals surface area contributed by atoms with Crippen molar-refractivity contribution in [1.82, 2.24) is 19.6 Å². The molecule has 22 heavy (non-hydrogen) atoms. The molecule has 1 aliphatic heterocycles. The Morgan fingerprint density at radius 2 is 2.14 bits per heavy atom. The first-order valence-corrected chi connectivity index (χ1v) is 8.01. The van der Waals surface area contributed by atoms with Gasteiger partial charge in [-0.05, 0) is 32.8 Å². The molecule has 1 saturated heterocycles. The molecule has 0 spiro atoms. The van der Waals surface area contributed by atoms with Crippen LogP contribution >= 0.6 is 0 Å². The molecule has 6 heteroatoms. The fourth-order valence-electron chi connectivity index (χ4n) is 3.20. The number of aryl methyl sites for hydroxylation is 2. The van der Waals surface area contributed by atoms with Crippen molar-refractivity contribution in [2.24, 2.45) is 5.92 Å². The molecule has 0 aromatic carbocycles. The normalized spacial score (nSPS) is 21.5. The Labute approximate surface area is 131 Å². The van der Waals surface area contributed by atoms with Crippen LogP contribution in [0.1, 0.15) is 30.7 Å². The second kappa shape index (κ2) is 5.74. The minimum Gasteiger partial charge on any atom is -0.344 e. The van der Waals surface area contributed by atoms with Crippen molar-refractivity contribution in [2.75, 3.05) is 20.1 Å². The van der Waals surface area contributed by atoms with Crippen molar-refractivity contribution in [3.8, 4) is 0 Å². The highest BCUT2D eigenvalue weighted by Crippen LogP contribution is 2.33. The minimum absolute atomic E-state index is 0.0815. The van der Waals surface area contributed by atoms with Crippen LogP contribution in [0.25, 0.3) is 0 Å². The van der Waals surface area contributed by atoms with E-state index in [4.69, 9.17) is 0 Å². The van der Waals surface area contributed by atoms with Crippen LogP contribution in [0.15, 0.2) is 6.07 Å². The summed E-state index contributed by atoms with van der Waals surface area (Å²) in [6, 6.07) is 2.44. The molecular weight excluding hydrogens is 280 g/mol. The smallest absolute Gasteiger partial charge is 0.227 e. The van der Waals surface area contributed by atoms with Crippen molar-refractivity contribution in [3.05, 3.63) is 17.5 Å². The lowest BCUT2D eigenvalue weighted by atomic mass is 10.1. The maximum atomic E-state index is 12.5. The highest BCUT2D eigenvalue weighted by atomic mass is 16.2. The second-order valence-electron chi connectivity index (χ2n) is 6.59. The zero-order valence-electron chi connectivity index (χ0n) is 13.6. The van der Waals surface area contributed by atoms with Gasteiger partial charge in [-0.3, -0.25) is 14.3 Å². The molecule has 2 amide bonds. The number of rotatable bonds is 5. The average molecular weight is 304 g/mol. The van der Waals surface area contributed by atoms with E-state index in [1.165, 1.54) is 0 Å². The van der Waals surface area contributed by atoms with Crippen molar-refractivity contribution < 1.29 is 9.59 Å². The summed E-state index contributed by atoms with van der Waals surface area (Å²) in [6.45, 7) is 5.90. The van der Waals surface area contributed by atoms with E-state index in [1.807, 2.05) is 36.5 Å². The van der Waals surface area contributed by atoms with E-state index < -0.39 is 0 Å². The van der Waals surface area contributed by atoms with E-state index in [0.29, 0.717) is 32.1 Å². The van der Waals surface area contributed by atoms with Crippen molar-refractivity contribution in [1.29, 1.82) is 0 Å². The Balaban J connectivity index is 1.53. The molecule has 2 heterocycles. The fourth-order valence-corrected chi connectivity index (χ4v) is 3.20. The Morgan fingerprint density at radius 3 is 2.73 bits per heavy atom. The predicted octanol–water partition coefficient (Wildman–Crippen LogP) is 0.969. The number of amides is 2. The third kappa shape index (κ3) is 3.00. The lowest BCUT2D eigenvalue weighted by Gasteiger charge is -2.21. The van der Waals surface area contributed by atoms with Crippen LogP contribution < -0.4 is 0 Å². The van der Waals surface area contributed by atoms with Gasteiger partial charge in [0.2, 0.25) is 11.8 Å². The highest BCUT2D eigenvalue weighted by Gasteiger charge is 2.42. The Morgan fingerprint density at radius 1 is 1.41 bits per heavy atom. The molecular formula is C16H24N4O2. The quantitative estimate of drug-likeness (QED) is 0.814. The molecule has 1 atom stereocenters. The molecule has 1 aromatic rings. The summed E-state index contributed by atoms with van der Waals surface area (Å²) in [5.41, 5.74) is 2.10. The van der Waals surface area contributed by atoms with E-state index in [0.717, 1.165) is 24.2 Å². The number of hydrogen-bond donors (Lipinski definition) is 0. The van der Waals surface area contributed by atoms with Gasteiger partial charge in [0.15, 0.2) is 0 Å². The van der Waals surface area contributed by atoms with Gasteiger partial charge >= 0.3 is 0 Å². The third-order valence-electron chi connectivity index (χ3n) is 4.62. The molecule has 0 bridgehead atoms. The lowest BCUT2D eigenvalue weighted by molar-refractivity contribution is -0.134. The maximum absolute atomic E-state index is 12.5. The number of carbonyl (C=O) groups is 2. The summed E-state index contributed by atoms with van der Waals surface area (Å²) in [7, 11) is 1.82. The van der Waals surface area contributed by atoms with E-state index in [9.17, 15) is 9.59 Å². The van der Waals surface area contributed by atoms with E-state index >= 15 is 0 Å². The zero-order valence-corrected chi connectivity index (χ0v) is 13.6. The largest absolute Gasteiger partial charge is 0.344 e. The summed E-state index contributed by atoms with van der Waals surface area (Å²) >= 11 is 0. The third-order valence-corrected chi connectivity index (χ3v) is 4.62. The van der Waals surface area contributed by atoms with Crippen LogP contribution in [0.4, 0.5) is 0 Å². The van der Waals surface area contributed by atoms with E-state index in [2.05, 4.69) is 5.10 Å². The van der Waals surface area contributed by atoms with Crippen LogP contribution in [-0.4, -0.2) is 57.6 Å². The van der Waals surface area contributed by atoms with Crippen LogP contribution in [0, 0.1) is 19.8 Å². The fraction of sp³-hybridized carbons (Fsp3) is 0.688. The molecule has 120 valence electrons. The van der Waals surface area contributed by atoms with Crippen LogP contribution in [0.2, 0.25) is 0 Å². The van der Waals surface area contributed by atoms with Gasteiger partial charge in [-0.25, -0.2) is 0 Å². The Kier molecular flexibility index (Phi) is 3.93. The number of nitrogens with zero attached hydrogens (tertiary/aromatic N) is 4. The SMILES string of the molecule is Cc1cc(C)n(CCN(C)C(=O)C2CC(=O)N(C3CC3)C2)n1. The van der Waals surface area contributed by atoms with Gasteiger partial charge in [-0.2, -0.15) is 5.10 Å². The lowest BCUT2D eigenvalue weighted by Crippen LogP contribution is -2.37. The molecule has 0 N–H and O–H groups in total. The first-order valence-electron chi connectivity index (χ1n) is 8.01. The summed E-state index contributed by atoms with van der Waals surface area (Å²) < 4.78 is 1.93. The molecule has 3 rings (SSSR count). The van der Waals surface area contributed by atoms with Gasteiger partial charge in [-0.15, -0.1) is 0 Å². The predicted molar refractivity (Wildman–Crippen MR) is 82.2 cm³/mol. The van der Waals surface area contributed by atoms with Crippen LogP contribution in [0.3, 0.4) is 0 Å². The summed E-state index contributed by atoms with van der Waals surface area (Å²) in [6.07, 6.45) is 2.57. The summed E-state index contributed by atoms with van der Waals surface area (Å²) in [5.74, 6) is 0.0596. The summed E-state index contributed by atoms with van der Waals surface area (Å²) in [4.78, 5) is 28.1. The zero-order chi connectivity index (χ0) is 15.9. The van der Waals surface area contributed by atoms with Crippen LogP contribution in [0.5, 0.6) is 0 Å². The highest BCUT2D eigenvalue weighted by molar-refractivity contribution is 5.89. The number of likely N-dealkylation sites (tertiary alicyclic amines) is 1. The van der Waals surface area contributed by atoms with Crippen molar-refractivity contribution in [2.45, 2.75) is 45.7 Å².